The third-order valence-corrected chi connectivity index (χ3v) is 5.54. The van der Waals surface area contributed by atoms with Gasteiger partial charge in [-0.2, -0.15) is 4.72 Å². The molecule has 0 aromatic heterocycles. The highest BCUT2D eigenvalue weighted by atomic mass is 32.2. The lowest BCUT2D eigenvalue weighted by Crippen LogP contribution is -2.50. The van der Waals surface area contributed by atoms with Crippen molar-refractivity contribution in [2.75, 3.05) is 11.9 Å². The Balaban J connectivity index is 1.99. The molecule has 1 aliphatic rings. The molecule has 1 aliphatic carbocycles. The van der Waals surface area contributed by atoms with Gasteiger partial charge in [-0.15, -0.1) is 0 Å². The van der Waals surface area contributed by atoms with E-state index in [0.717, 1.165) is 12.8 Å². The molecule has 0 bridgehead atoms. The van der Waals surface area contributed by atoms with E-state index in [0.29, 0.717) is 18.2 Å². The van der Waals surface area contributed by atoms with Crippen molar-refractivity contribution in [3.8, 4) is 0 Å². The van der Waals surface area contributed by atoms with Gasteiger partial charge in [0.2, 0.25) is 21.8 Å². The highest BCUT2D eigenvalue weighted by Crippen LogP contribution is 2.32. The summed E-state index contributed by atoms with van der Waals surface area (Å²) in [5.74, 6) is -0.260. The number of hydrogen-bond acceptors (Lipinski definition) is 5. The maximum Gasteiger partial charge on any atom is 0.241 e. The van der Waals surface area contributed by atoms with Gasteiger partial charge < -0.3 is 16.4 Å². The monoisotopic (exact) mass is 368 g/mol. The zero-order chi connectivity index (χ0) is 18.6. The Morgan fingerprint density at radius 1 is 1.24 bits per heavy atom. The van der Waals surface area contributed by atoms with Gasteiger partial charge in [0.15, 0.2) is 0 Å². The van der Waals surface area contributed by atoms with Crippen molar-refractivity contribution in [2.24, 2.45) is 11.7 Å². The highest BCUT2D eigenvalue weighted by Gasteiger charge is 2.32. The van der Waals surface area contributed by atoms with Crippen LogP contribution in [0.3, 0.4) is 0 Å². The molecule has 2 atom stereocenters. The summed E-state index contributed by atoms with van der Waals surface area (Å²) in [6.07, 6.45) is 2.06. The van der Waals surface area contributed by atoms with Gasteiger partial charge in [-0.25, -0.2) is 8.42 Å². The molecule has 2 unspecified atom stereocenters. The van der Waals surface area contributed by atoms with Crippen molar-refractivity contribution in [3.05, 3.63) is 24.3 Å². The third-order valence-electron chi connectivity index (χ3n) is 3.98. The quantitative estimate of drug-likeness (QED) is 0.519. The summed E-state index contributed by atoms with van der Waals surface area (Å²) in [5.41, 5.74) is 6.14. The summed E-state index contributed by atoms with van der Waals surface area (Å²) >= 11 is 0. The van der Waals surface area contributed by atoms with Gasteiger partial charge in [0, 0.05) is 25.2 Å². The number of benzene rings is 1. The molecular weight excluding hydrogens is 344 g/mol. The first-order valence-electron chi connectivity index (χ1n) is 8.13. The molecule has 0 radical (unpaired) electrons. The molecule has 138 valence electrons. The topological polar surface area (TPSA) is 130 Å². The second kappa shape index (κ2) is 7.94. The van der Waals surface area contributed by atoms with Gasteiger partial charge in [-0.05, 0) is 49.9 Å². The van der Waals surface area contributed by atoms with Crippen LogP contribution in [0, 0.1) is 5.92 Å². The molecule has 1 aromatic rings. The summed E-state index contributed by atoms with van der Waals surface area (Å²) in [6, 6.07) is 4.66. The Bertz CT molecular complexity index is 729. The number of nitrogens with two attached hydrogens (primary N) is 1. The van der Waals surface area contributed by atoms with Gasteiger partial charge in [0.25, 0.3) is 0 Å². The normalized spacial score (nSPS) is 16.8. The minimum absolute atomic E-state index is 0.0128. The second-order valence-corrected chi connectivity index (χ2v) is 7.95. The van der Waals surface area contributed by atoms with E-state index in [1.807, 2.05) is 0 Å². The van der Waals surface area contributed by atoms with Crippen LogP contribution in [0.1, 0.15) is 26.7 Å². The van der Waals surface area contributed by atoms with Crippen LogP contribution in [0.15, 0.2) is 29.2 Å². The van der Waals surface area contributed by atoms with E-state index in [9.17, 15) is 18.0 Å². The predicted molar refractivity (Wildman–Crippen MR) is 94.2 cm³/mol. The average molecular weight is 368 g/mol. The summed E-state index contributed by atoms with van der Waals surface area (Å²) in [6.45, 7) is 3.18. The number of amides is 2. The van der Waals surface area contributed by atoms with Gasteiger partial charge in [-0.1, -0.05) is 0 Å². The van der Waals surface area contributed by atoms with Crippen LogP contribution in [-0.4, -0.2) is 38.9 Å². The zero-order valence-electron chi connectivity index (χ0n) is 14.3. The lowest BCUT2D eigenvalue weighted by molar-refractivity contribution is -0.123. The number of rotatable bonds is 8. The van der Waals surface area contributed by atoms with Crippen molar-refractivity contribution in [1.29, 1.82) is 0 Å². The first kappa shape index (κ1) is 19.4. The third kappa shape index (κ3) is 5.52. The number of carbonyl (C=O) groups is 2. The van der Waals surface area contributed by atoms with Crippen molar-refractivity contribution in [1.82, 2.24) is 10.0 Å². The van der Waals surface area contributed by atoms with Gasteiger partial charge in [0.05, 0.1) is 10.9 Å². The Labute approximate surface area is 147 Å². The fourth-order valence-corrected chi connectivity index (χ4v) is 3.65. The van der Waals surface area contributed by atoms with Crippen LogP contribution in [0.25, 0.3) is 0 Å². The molecule has 8 nitrogen and oxygen atoms in total. The Morgan fingerprint density at radius 3 is 2.32 bits per heavy atom. The van der Waals surface area contributed by atoms with Crippen molar-refractivity contribution >= 4 is 27.5 Å². The number of sulfonamides is 1. The standard InChI is InChI=1S/C16H24N4O4S/c1-10(16(22)19-15(9-17)12-3-4-12)20-25(23,24)14-7-5-13(6-8-14)18-11(2)21/h5-8,10,12,15,20H,3-4,9,17H2,1-2H3,(H,18,21)(H,19,22). The van der Waals surface area contributed by atoms with Gasteiger partial charge in [0.1, 0.15) is 0 Å². The Morgan fingerprint density at radius 2 is 1.84 bits per heavy atom. The van der Waals surface area contributed by atoms with Crippen LogP contribution < -0.4 is 21.1 Å². The first-order valence-corrected chi connectivity index (χ1v) is 9.61. The molecule has 0 spiro atoms. The maximum atomic E-state index is 12.4. The molecule has 1 aromatic carbocycles. The smallest absolute Gasteiger partial charge is 0.241 e. The highest BCUT2D eigenvalue weighted by molar-refractivity contribution is 7.89. The molecule has 1 fully saturated rings. The van der Waals surface area contributed by atoms with Crippen LogP contribution >= 0.6 is 0 Å². The van der Waals surface area contributed by atoms with Crippen LogP contribution in [0.5, 0.6) is 0 Å². The van der Waals surface area contributed by atoms with E-state index in [1.54, 1.807) is 0 Å². The van der Waals surface area contributed by atoms with Crippen molar-refractivity contribution in [3.63, 3.8) is 0 Å². The van der Waals surface area contributed by atoms with E-state index in [1.165, 1.54) is 38.1 Å². The lowest BCUT2D eigenvalue weighted by atomic mass is 10.2. The van der Waals surface area contributed by atoms with E-state index in [2.05, 4.69) is 15.4 Å². The minimum Gasteiger partial charge on any atom is -0.350 e. The maximum absolute atomic E-state index is 12.4. The SMILES string of the molecule is CC(=O)Nc1ccc(S(=O)(=O)NC(C)C(=O)NC(CN)C2CC2)cc1. The number of carbonyl (C=O) groups excluding carboxylic acids is 2. The fraction of sp³-hybridized carbons (Fsp3) is 0.500. The van der Waals surface area contributed by atoms with Crippen LogP contribution in [0.4, 0.5) is 5.69 Å². The largest absolute Gasteiger partial charge is 0.350 e. The van der Waals surface area contributed by atoms with E-state index in [-0.39, 0.29) is 16.8 Å². The predicted octanol–water partition coefficient (Wildman–Crippen LogP) is 0.165. The van der Waals surface area contributed by atoms with E-state index < -0.39 is 22.0 Å². The van der Waals surface area contributed by atoms with E-state index >= 15 is 0 Å². The van der Waals surface area contributed by atoms with Crippen molar-refractivity contribution < 1.29 is 18.0 Å². The molecule has 25 heavy (non-hydrogen) atoms. The average Bonchev–Trinajstić information content (AvgIpc) is 3.36. The molecule has 2 rings (SSSR count). The number of anilines is 1. The Hall–Kier alpha value is -1.97. The first-order chi connectivity index (χ1) is 11.7. The number of hydrogen-bond donors (Lipinski definition) is 4. The van der Waals surface area contributed by atoms with Gasteiger partial charge >= 0.3 is 0 Å². The van der Waals surface area contributed by atoms with Gasteiger partial charge in [-0.3, -0.25) is 9.59 Å². The molecule has 0 saturated heterocycles. The fourth-order valence-electron chi connectivity index (χ4n) is 2.45. The molecule has 1 saturated carbocycles. The Kier molecular flexibility index (Phi) is 6.15. The molecule has 9 heteroatoms. The van der Waals surface area contributed by atoms with Crippen LogP contribution in [-0.2, 0) is 19.6 Å². The molecule has 0 heterocycles. The van der Waals surface area contributed by atoms with E-state index in [4.69, 9.17) is 5.73 Å². The van der Waals surface area contributed by atoms with Crippen LogP contribution in [0.2, 0.25) is 0 Å². The summed E-state index contributed by atoms with van der Waals surface area (Å²) in [5, 5.41) is 5.35. The zero-order valence-corrected chi connectivity index (χ0v) is 15.1. The van der Waals surface area contributed by atoms with Crippen molar-refractivity contribution in [2.45, 2.75) is 43.7 Å². The molecular formula is C16H24N4O4S. The lowest BCUT2D eigenvalue weighted by Gasteiger charge is -2.20. The molecule has 5 N–H and O–H groups in total. The summed E-state index contributed by atoms with van der Waals surface area (Å²) < 4.78 is 27.1. The summed E-state index contributed by atoms with van der Waals surface area (Å²) in [4.78, 5) is 23.2. The minimum atomic E-state index is -3.85. The molecule has 2 amide bonds. The number of nitrogens with one attached hydrogen (secondary N) is 3. The molecule has 0 aliphatic heterocycles. The summed E-state index contributed by atoms with van der Waals surface area (Å²) in [7, 11) is -3.85. The second-order valence-electron chi connectivity index (χ2n) is 6.24.